The Morgan fingerprint density at radius 3 is 2.29 bits per heavy atom. The van der Waals surface area contributed by atoms with Crippen LogP contribution in [0.5, 0.6) is 17.2 Å². The van der Waals surface area contributed by atoms with Gasteiger partial charge in [-0.25, -0.2) is 0 Å². The Morgan fingerprint density at radius 2 is 1.51 bits per heavy atom. The first-order valence-electron chi connectivity index (χ1n) is 13.4. The van der Waals surface area contributed by atoms with Crippen LogP contribution in [0.15, 0.2) is 91.0 Å². The first-order valence-corrected chi connectivity index (χ1v) is 13.4. The smallest absolute Gasteiger partial charge is 0.306 e. The molecule has 2 amide bonds. The van der Waals surface area contributed by atoms with E-state index in [2.05, 4.69) is 10.6 Å². The zero-order valence-electron chi connectivity index (χ0n) is 23.6. The van der Waals surface area contributed by atoms with Crippen molar-refractivity contribution in [3.05, 3.63) is 96.6 Å². The summed E-state index contributed by atoms with van der Waals surface area (Å²) in [6.45, 7) is 5.32. The van der Waals surface area contributed by atoms with E-state index in [0.717, 1.165) is 10.8 Å². The van der Waals surface area contributed by atoms with E-state index in [4.69, 9.17) is 14.2 Å². The highest BCUT2D eigenvalue weighted by Gasteiger charge is 2.26. The highest BCUT2D eigenvalue weighted by atomic mass is 16.6. The molecule has 1 atom stereocenters. The van der Waals surface area contributed by atoms with Crippen molar-refractivity contribution in [3.63, 3.8) is 0 Å². The number of benzene rings is 4. The van der Waals surface area contributed by atoms with Gasteiger partial charge >= 0.3 is 5.97 Å². The second-order valence-corrected chi connectivity index (χ2v) is 10.4. The molecule has 0 unspecified atom stereocenters. The van der Waals surface area contributed by atoms with Crippen LogP contribution in [0, 0.1) is 0 Å². The van der Waals surface area contributed by atoms with E-state index in [9.17, 15) is 14.4 Å². The van der Waals surface area contributed by atoms with E-state index in [0.29, 0.717) is 28.5 Å². The van der Waals surface area contributed by atoms with Gasteiger partial charge < -0.3 is 24.8 Å². The molecular formula is C33H34N2O6. The Bertz CT molecular complexity index is 1540. The number of rotatable bonds is 10. The fraction of sp³-hybridized carbons (Fsp3) is 0.242. The second kappa shape index (κ2) is 13.0. The van der Waals surface area contributed by atoms with Gasteiger partial charge in [0.25, 0.3) is 5.91 Å². The Kier molecular flexibility index (Phi) is 9.24. The van der Waals surface area contributed by atoms with Crippen LogP contribution in [-0.4, -0.2) is 36.5 Å². The number of carbonyl (C=O) groups excluding carboxylic acids is 3. The van der Waals surface area contributed by atoms with Crippen molar-refractivity contribution < 1.29 is 28.6 Å². The molecule has 4 aromatic carbocycles. The van der Waals surface area contributed by atoms with E-state index < -0.39 is 29.4 Å². The molecule has 0 aliphatic rings. The van der Waals surface area contributed by atoms with E-state index in [1.807, 2.05) is 30.3 Å². The Hall–Kier alpha value is -4.85. The minimum atomic E-state index is -1.03. The molecule has 2 N–H and O–H groups in total. The van der Waals surface area contributed by atoms with Crippen LogP contribution in [0.4, 0.5) is 5.69 Å². The summed E-state index contributed by atoms with van der Waals surface area (Å²) in [5.41, 5.74) is 0.166. The normalized spacial score (nSPS) is 11.8. The van der Waals surface area contributed by atoms with E-state index in [1.54, 1.807) is 88.5 Å². The van der Waals surface area contributed by atoms with Crippen LogP contribution in [0.1, 0.15) is 44.0 Å². The summed E-state index contributed by atoms with van der Waals surface area (Å²) in [4.78, 5) is 39.5. The van der Waals surface area contributed by atoms with Gasteiger partial charge in [-0.05, 0) is 68.3 Å². The minimum absolute atomic E-state index is 0.0379. The van der Waals surface area contributed by atoms with Gasteiger partial charge in [0.1, 0.15) is 23.1 Å². The molecule has 0 aliphatic carbocycles. The molecule has 0 aliphatic heterocycles. The van der Waals surface area contributed by atoms with Gasteiger partial charge in [-0.3, -0.25) is 14.4 Å². The van der Waals surface area contributed by atoms with Crippen LogP contribution >= 0.6 is 0 Å². The predicted molar refractivity (Wildman–Crippen MR) is 158 cm³/mol. The van der Waals surface area contributed by atoms with E-state index in [-0.39, 0.29) is 12.8 Å². The molecule has 8 heteroatoms. The van der Waals surface area contributed by atoms with Gasteiger partial charge in [0.15, 0.2) is 5.75 Å². The van der Waals surface area contributed by atoms with Gasteiger partial charge in [-0.15, -0.1) is 0 Å². The van der Waals surface area contributed by atoms with Crippen molar-refractivity contribution in [2.45, 2.75) is 45.3 Å². The number of fused-ring (bicyclic) bond motifs is 1. The number of amides is 2. The van der Waals surface area contributed by atoms with Gasteiger partial charge in [0.05, 0.1) is 12.8 Å². The highest BCUT2D eigenvalue weighted by molar-refractivity contribution is 6.09. The lowest BCUT2D eigenvalue weighted by Crippen LogP contribution is -2.44. The average molecular weight is 555 g/mol. The van der Waals surface area contributed by atoms with Crippen LogP contribution in [-0.2, 0) is 14.3 Å². The maximum Gasteiger partial charge on any atom is 0.306 e. The number of ether oxygens (including phenoxy) is 3. The Morgan fingerprint density at radius 1 is 0.829 bits per heavy atom. The molecule has 0 saturated heterocycles. The first kappa shape index (κ1) is 29.1. The summed E-state index contributed by atoms with van der Waals surface area (Å²) in [5.74, 6) is 0.173. The Labute approximate surface area is 239 Å². The molecular weight excluding hydrogens is 520 g/mol. The van der Waals surface area contributed by atoms with Gasteiger partial charge in [0, 0.05) is 18.1 Å². The van der Waals surface area contributed by atoms with Crippen LogP contribution in [0.2, 0.25) is 0 Å². The average Bonchev–Trinajstić information content (AvgIpc) is 2.95. The summed E-state index contributed by atoms with van der Waals surface area (Å²) in [7, 11) is 1.57. The molecule has 0 fully saturated rings. The number of nitrogens with one attached hydrogen (secondary N) is 2. The van der Waals surface area contributed by atoms with Crippen molar-refractivity contribution in [2.75, 3.05) is 12.4 Å². The number of methoxy groups -OCH3 is 1. The zero-order valence-corrected chi connectivity index (χ0v) is 23.6. The zero-order chi connectivity index (χ0) is 29.4. The second-order valence-electron chi connectivity index (χ2n) is 10.4. The standard InChI is InChI=1S/C33H34N2O6/c1-33(2,3)41-30(36)20-19-28(35-31(37)26-16-9-12-22-11-5-6-15-25(22)26)32(38)34-27-17-7-8-18-29(27)40-24-14-10-13-23(21-24)39-4/h5-18,21,28H,19-20H2,1-4H3,(H,34,38)(H,35,37)/t28-/m0/s1. The fourth-order valence-corrected chi connectivity index (χ4v) is 4.25. The first-order chi connectivity index (χ1) is 19.6. The number of hydrogen-bond donors (Lipinski definition) is 2. The monoisotopic (exact) mass is 554 g/mol. The molecule has 4 rings (SSSR count). The molecule has 41 heavy (non-hydrogen) atoms. The van der Waals surface area contributed by atoms with Crippen molar-refractivity contribution in [3.8, 4) is 17.2 Å². The number of anilines is 1. The van der Waals surface area contributed by atoms with Crippen LogP contribution in [0.25, 0.3) is 10.8 Å². The van der Waals surface area contributed by atoms with Crippen LogP contribution in [0.3, 0.4) is 0 Å². The lowest BCUT2D eigenvalue weighted by molar-refractivity contribution is -0.155. The lowest BCUT2D eigenvalue weighted by Gasteiger charge is -2.22. The topological polar surface area (TPSA) is 103 Å². The van der Waals surface area contributed by atoms with Gasteiger partial charge in [0.2, 0.25) is 5.91 Å². The minimum Gasteiger partial charge on any atom is -0.497 e. The summed E-state index contributed by atoms with van der Waals surface area (Å²) in [6, 6.07) is 26.0. The fourth-order valence-electron chi connectivity index (χ4n) is 4.25. The molecule has 212 valence electrons. The predicted octanol–water partition coefficient (Wildman–Crippen LogP) is 6.50. The third-order valence-corrected chi connectivity index (χ3v) is 6.13. The Balaban J connectivity index is 1.56. The number of hydrogen-bond acceptors (Lipinski definition) is 6. The van der Waals surface area contributed by atoms with Crippen molar-refractivity contribution in [1.29, 1.82) is 0 Å². The maximum absolute atomic E-state index is 13.6. The van der Waals surface area contributed by atoms with Gasteiger partial charge in [-0.1, -0.05) is 54.6 Å². The van der Waals surface area contributed by atoms with Crippen LogP contribution < -0.4 is 20.1 Å². The SMILES string of the molecule is COc1cccc(Oc2ccccc2NC(=O)[C@H](CCC(=O)OC(C)(C)C)NC(=O)c2cccc3ccccc23)c1. The summed E-state index contributed by atoms with van der Waals surface area (Å²) >= 11 is 0. The van der Waals surface area contributed by atoms with E-state index >= 15 is 0 Å². The molecule has 0 heterocycles. The maximum atomic E-state index is 13.6. The third kappa shape index (κ3) is 8.08. The molecule has 8 nitrogen and oxygen atoms in total. The van der Waals surface area contributed by atoms with Crippen molar-refractivity contribution in [2.24, 2.45) is 0 Å². The lowest BCUT2D eigenvalue weighted by atomic mass is 10.0. The number of esters is 1. The molecule has 0 spiro atoms. The summed E-state index contributed by atoms with van der Waals surface area (Å²) in [6.07, 6.45) is -0.0245. The molecule has 4 aromatic rings. The summed E-state index contributed by atoms with van der Waals surface area (Å²) in [5, 5.41) is 7.36. The van der Waals surface area contributed by atoms with Gasteiger partial charge in [-0.2, -0.15) is 0 Å². The van der Waals surface area contributed by atoms with E-state index in [1.165, 1.54) is 0 Å². The number of carbonyl (C=O) groups is 3. The molecule has 0 bridgehead atoms. The third-order valence-electron chi connectivity index (χ3n) is 6.13. The molecule has 0 radical (unpaired) electrons. The summed E-state index contributed by atoms with van der Waals surface area (Å²) < 4.78 is 16.7. The largest absolute Gasteiger partial charge is 0.497 e. The molecule has 0 saturated carbocycles. The van der Waals surface area contributed by atoms with Crippen molar-refractivity contribution in [1.82, 2.24) is 5.32 Å². The molecule has 0 aromatic heterocycles. The highest BCUT2D eigenvalue weighted by Crippen LogP contribution is 2.31. The number of para-hydroxylation sites is 2. The van der Waals surface area contributed by atoms with Crippen molar-refractivity contribution >= 4 is 34.2 Å². The quantitative estimate of drug-likeness (QED) is 0.217.